The standard InChI is InChI=1S/C9H20O2Si/c1-7(5-10)9-8(2)6-11-12(9,3)4/h7-10H,5-6H2,1-4H3/t7-,8+,9-/m1/s1. The normalized spacial score (nSPS) is 36.8. The van der Waals surface area contributed by atoms with Gasteiger partial charge in [0, 0.05) is 13.2 Å². The molecule has 0 bridgehead atoms. The summed E-state index contributed by atoms with van der Waals surface area (Å²) < 4.78 is 5.82. The van der Waals surface area contributed by atoms with E-state index in [-0.39, 0.29) is 0 Å². The van der Waals surface area contributed by atoms with Crippen LogP contribution in [0, 0.1) is 11.8 Å². The van der Waals surface area contributed by atoms with Gasteiger partial charge in [-0.1, -0.05) is 13.8 Å². The molecule has 0 unspecified atom stereocenters. The number of hydrogen-bond donors (Lipinski definition) is 1. The molecule has 1 rings (SSSR count). The van der Waals surface area contributed by atoms with Gasteiger partial charge in [-0.15, -0.1) is 0 Å². The minimum atomic E-state index is -1.48. The third-order valence-electron chi connectivity index (χ3n) is 3.04. The quantitative estimate of drug-likeness (QED) is 0.670. The lowest BCUT2D eigenvalue weighted by Gasteiger charge is -2.29. The fraction of sp³-hybridized carbons (Fsp3) is 1.00. The summed E-state index contributed by atoms with van der Waals surface area (Å²) in [7, 11) is -1.48. The third kappa shape index (κ3) is 1.73. The van der Waals surface area contributed by atoms with Gasteiger partial charge < -0.3 is 9.53 Å². The molecule has 0 aromatic rings. The first-order chi connectivity index (χ1) is 5.49. The van der Waals surface area contributed by atoms with E-state index >= 15 is 0 Å². The van der Waals surface area contributed by atoms with Gasteiger partial charge in [0.05, 0.1) is 0 Å². The summed E-state index contributed by atoms with van der Waals surface area (Å²) in [5, 5.41) is 9.11. The van der Waals surface area contributed by atoms with Crippen molar-refractivity contribution < 1.29 is 9.53 Å². The van der Waals surface area contributed by atoms with Crippen molar-refractivity contribution in [2.24, 2.45) is 11.8 Å². The Hall–Kier alpha value is 0.137. The van der Waals surface area contributed by atoms with Crippen molar-refractivity contribution in [3.8, 4) is 0 Å². The molecule has 3 heteroatoms. The van der Waals surface area contributed by atoms with Gasteiger partial charge in [0.1, 0.15) is 0 Å². The Morgan fingerprint density at radius 1 is 1.58 bits per heavy atom. The highest BCUT2D eigenvalue weighted by Crippen LogP contribution is 2.42. The molecule has 1 aliphatic heterocycles. The van der Waals surface area contributed by atoms with E-state index < -0.39 is 8.32 Å². The smallest absolute Gasteiger partial charge is 0.190 e. The summed E-state index contributed by atoms with van der Waals surface area (Å²) >= 11 is 0. The highest BCUT2D eigenvalue weighted by molar-refractivity contribution is 6.73. The maximum atomic E-state index is 9.11. The first kappa shape index (κ1) is 10.2. The predicted octanol–water partition coefficient (Wildman–Crippen LogP) is 1.86. The Bertz CT molecular complexity index is 159. The molecule has 0 spiro atoms. The van der Waals surface area contributed by atoms with E-state index in [0.717, 1.165) is 6.61 Å². The van der Waals surface area contributed by atoms with Gasteiger partial charge in [-0.25, -0.2) is 0 Å². The van der Waals surface area contributed by atoms with Gasteiger partial charge in [0.15, 0.2) is 8.32 Å². The Labute approximate surface area is 76.1 Å². The molecule has 0 aromatic carbocycles. The van der Waals surface area contributed by atoms with Crippen molar-refractivity contribution in [2.75, 3.05) is 13.2 Å². The SMILES string of the molecule is C[C@H](CO)[C@@H]1[C@@H](C)CO[Si]1(C)C. The van der Waals surface area contributed by atoms with Crippen molar-refractivity contribution in [2.45, 2.75) is 32.5 Å². The molecule has 3 atom stereocenters. The van der Waals surface area contributed by atoms with E-state index in [0.29, 0.717) is 24.0 Å². The molecule has 1 saturated heterocycles. The van der Waals surface area contributed by atoms with Gasteiger partial charge in [0.25, 0.3) is 0 Å². The van der Waals surface area contributed by atoms with Crippen LogP contribution < -0.4 is 0 Å². The molecular weight excluding hydrogens is 168 g/mol. The molecule has 0 aliphatic carbocycles. The molecule has 0 amide bonds. The van der Waals surface area contributed by atoms with Crippen molar-refractivity contribution in [1.82, 2.24) is 0 Å². The van der Waals surface area contributed by atoms with Crippen LogP contribution in [0.25, 0.3) is 0 Å². The highest BCUT2D eigenvalue weighted by atomic mass is 28.4. The summed E-state index contributed by atoms with van der Waals surface area (Å²) in [5.41, 5.74) is 0.627. The monoisotopic (exact) mass is 188 g/mol. The number of aliphatic hydroxyl groups is 1. The summed E-state index contributed by atoms with van der Waals surface area (Å²) in [6, 6.07) is 0. The average molecular weight is 188 g/mol. The zero-order chi connectivity index (χ0) is 9.35. The first-order valence-electron chi connectivity index (χ1n) is 4.74. The first-order valence-corrected chi connectivity index (χ1v) is 7.72. The molecule has 1 aliphatic rings. The Morgan fingerprint density at radius 3 is 2.50 bits per heavy atom. The fourth-order valence-corrected chi connectivity index (χ4v) is 6.42. The molecular formula is C9H20O2Si. The van der Waals surface area contributed by atoms with Crippen LogP contribution in [0.5, 0.6) is 0 Å². The molecule has 12 heavy (non-hydrogen) atoms. The van der Waals surface area contributed by atoms with E-state index in [1.165, 1.54) is 0 Å². The fourth-order valence-electron chi connectivity index (χ4n) is 2.59. The van der Waals surface area contributed by atoms with Gasteiger partial charge in [0.2, 0.25) is 0 Å². The zero-order valence-corrected chi connectivity index (χ0v) is 9.50. The number of aliphatic hydroxyl groups excluding tert-OH is 1. The Balaban J connectivity index is 2.71. The topological polar surface area (TPSA) is 29.5 Å². The van der Waals surface area contributed by atoms with Gasteiger partial charge in [-0.2, -0.15) is 0 Å². The Morgan fingerprint density at radius 2 is 2.17 bits per heavy atom. The zero-order valence-electron chi connectivity index (χ0n) is 8.50. The van der Waals surface area contributed by atoms with Crippen LogP contribution in [-0.4, -0.2) is 26.6 Å². The largest absolute Gasteiger partial charge is 0.417 e. The van der Waals surface area contributed by atoms with Crippen molar-refractivity contribution >= 4 is 8.32 Å². The maximum absolute atomic E-state index is 9.11. The molecule has 0 saturated carbocycles. The number of rotatable bonds is 2. The van der Waals surface area contributed by atoms with Crippen LogP contribution in [0.3, 0.4) is 0 Å². The van der Waals surface area contributed by atoms with Crippen LogP contribution in [0.15, 0.2) is 0 Å². The van der Waals surface area contributed by atoms with Crippen LogP contribution in [0.2, 0.25) is 18.6 Å². The molecule has 1 fully saturated rings. The highest BCUT2D eigenvalue weighted by Gasteiger charge is 2.45. The number of hydrogen-bond acceptors (Lipinski definition) is 2. The molecule has 0 aromatic heterocycles. The van der Waals surface area contributed by atoms with E-state index in [1.54, 1.807) is 0 Å². The summed E-state index contributed by atoms with van der Waals surface area (Å²) in [6.07, 6.45) is 0. The van der Waals surface area contributed by atoms with E-state index in [1.807, 2.05) is 0 Å². The lowest BCUT2D eigenvalue weighted by molar-refractivity contribution is 0.216. The van der Waals surface area contributed by atoms with Crippen molar-refractivity contribution in [3.05, 3.63) is 0 Å². The molecule has 2 nitrogen and oxygen atoms in total. The Kier molecular flexibility index (Phi) is 2.96. The minimum Gasteiger partial charge on any atom is -0.417 e. The lowest BCUT2D eigenvalue weighted by Crippen LogP contribution is -2.35. The van der Waals surface area contributed by atoms with Crippen molar-refractivity contribution in [3.63, 3.8) is 0 Å². The second kappa shape index (κ2) is 3.48. The van der Waals surface area contributed by atoms with E-state index in [9.17, 15) is 0 Å². The second-order valence-electron chi connectivity index (χ2n) is 4.58. The van der Waals surface area contributed by atoms with Crippen LogP contribution in [-0.2, 0) is 4.43 Å². The van der Waals surface area contributed by atoms with Gasteiger partial charge in [-0.3, -0.25) is 0 Å². The van der Waals surface area contributed by atoms with Gasteiger partial charge in [-0.05, 0) is 30.5 Å². The molecule has 1 N–H and O–H groups in total. The van der Waals surface area contributed by atoms with Crippen molar-refractivity contribution in [1.29, 1.82) is 0 Å². The molecule has 0 radical (unpaired) electrons. The average Bonchev–Trinajstić information content (AvgIpc) is 2.25. The maximum Gasteiger partial charge on any atom is 0.190 e. The third-order valence-corrected chi connectivity index (χ3v) is 6.69. The summed E-state index contributed by atoms with van der Waals surface area (Å²) in [6.45, 7) is 10.1. The van der Waals surface area contributed by atoms with Crippen LogP contribution >= 0.6 is 0 Å². The van der Waals surface area contributed by atoms with E-state index in [2.05, 4.69) is 26.9 Å². The summed E-state index contributed by atoms with van der Waals surface area (Å²) in [4.78, 5) is 0. The molecule has 1 heterocycles. The van der Waals surface area contributed by atoms with Gasteiger partial charge >= 0.3 is 0 Å². The summed E-state index contributed by atoms with van der Waals surface area (Å²) in [5.74, 6) is 1.04. The predicted molar refractivity (Wildman–Crippen MR) is 52.6 cm³/mol. The van der Waals surface area contributed by atoms with E-state index in [4.69, 9.17) is 9.53 Å². The van der Waals surface area contributed by atoms with Crippen LogP contribution in [0.4, 0.5) is 0 Å². The molecule has 72 valence electrons. The van der Waals surface area contributed by atoms with Crippen LogP contribution in [0.1, 0.15) is 13.8 Å². The second-order valence-corrected chi connectivity index (χ2v) is 8.74. The minimum absolute atomic E-state index is 0.300. The lowest BCUT2D eigenvalue weighted by atomic mass is 9.98.